The van der Waals surface area contributed by atoms with Gasteiger partial charge < -0.3 is 9.47 Å². The van der Waals surface area contributed by atoms with Gasteiger partial charge in [0.1, 0.15) is 0 Å². The molecule has 2 nitrogen and oxygen atoms in total. The lowest BCUT2D eigenvalue weighted by Gasteiger charge is -2.27. The predicted octanol–water partition coefficient (Wildman–Crippen LogP) is 18.4. The summed E-state index contributed by atoms with van der Waals surface area (Å²) in [7, 11) is 0. The average Bonchev–Trinajstić information content (AvgIpc) is 3.77. The molecule has 0 aliphatic carbocycles. The van der Waals surface area contributed by atoms with E-state index in [0.717, 1.165) is 33.9 Å². The van der Waals surface area contributed by atoms with Gasteiger partial charge in [0.15, 0.2) is 0 Å². The van der Waals surface area contributed by atoms with Crippen molar-refractivity contribution < 1.29 is 0 Å². The van der Waals surface area contributed by atoms with Crippen molar-refractivity contribution in [1.29, 1.82) is 0 Å². The van der Waals surface area contributed by atoms with Crippen LogP contribution >= 0.6 is 0 Å². The van der Waals surface area contributed by atoms with Gasteiger partial charge in [-0.3, -0.25) is 0 Å². The number of hydrogen-bond donors (Lipinski definition) is 0. The van der Waals surface area contributed by atoms with Gasteiger partial charge in [0, 0.05) is 38.9 Å². The van der Waals surface area contributed by atoms with Crippen molar-refractivity contribution in [2.75, 3.05) is 4.90 Å². The quantitative estimate of drug-likeness (QED) is 0.138. The van der Waals surface area contributed by atoms with Crippen LogP contribution in [0, 0.1) is 0 Å². The van der Waals surface area contributed by atoms with Crippen molar-refractivity contribution in [3.63, 3.8) is 0 Å². The molecule has 0 amide bonds. The van der Waals surface area contributed by atoms with E-state index in [-0.39, 0.29) is 0 Å². The number of anilines is 3. The molecule has 0 bridgehead atoms. The summed E-state index contributed by atoms with van der Waals surface area (Å²) in [4.78, 5) is 2.42. The third kappa shape index (κ3) is 6.82. The number of fused-ring (bicyclic) bond motifs is 8. The molecule has 68 heavy (non-hydrogen) atoms. The van der Waals surface area contributed by atoms with E-state index >= 15 is 0 Å². The monoisotopic (exact) mass is 864 g/mol. The minimum absolute atomic E-state index is 1.08. The van der Waals surface area contributed by atoms with E-state index in [1.165, 1.54) is 87.5 Å². The van der Waals surface area contributed by atoms with Crippen molar-refractivity contribution in [2.45, 2.75) is 0 Å². The smallest absolute Gasteiger partial charge is 0.0619 e. The molecular formula is C66H44N2. The summed E-state index contributed by atoms with van der Waals surface area (Å²) in [5.41, 5.74) is 16.3. The summed E-state index contributed by atoms with van der Waals surface area (Å²) in [6.07, 6.45) is 0. The molecule has 1 aromatic heterocycles. The summed E-state index contributed by atoms with van der Waals surface area (Å²) in [6.45, 7) is 0. The zero-order valence-electron chi connectivity index (χ0n) is 37.3. The molecule has 13 rings (SSSR count). The Kier molecular flexibility index (Phi) is 9.54. The second kappa shape index (κ2) is 16.5. The van der Waals surface area contributed by atoms with Crippen LogP contribution in [0.4, 0.5) is 17.1 Å². The van der Waals surface area contributed by atoms with Crippen molar-refractivity contribution in [3.05, 3.63) is 267 Å². The lowest BCUT2D eigenvalue weighted by atomic mass is 9.93. The first-order valence-corrected chi connectivity index (χ1v) is 23.4. The minimum atomic E-state index is 1.08. The molecule has 13 aromatic rings. The third-order valence-corrected chi connectivity index (χ3v) is 13.7. The summed E-state index contributed by atoms with van der Waals surface area (Å²) in [5.74, 6) is 0. The second-order valence-electron chi connectivity index (χ2n) is 17.7. The number of aromatic nitrogens is 1. The van der Waals surface area contributed by atoms with Crippen molar-refractivity contribution in [2.24, 2.45) is 0 Å². The highest BCUT2D eigenvalue weighted by Crippen LogP contribution is 2.44. The first kappa shape index (κ1) is 39.4. The maximum absolute atomic E-state index is 2.45. The zero-order valence-corrected chi connectivity index (χ0v) is 37.3. The second-order valence-corrected chi connectivity index (χ2v) is 17.7. The highest BCUT2D eigenvalue weighted by Gasteiger charge is 2.20. The van der Waals surface area contributed by atoms with Crippen LogP contribution in [0.15, 0.2) is 267 Å². The first-order chi connectivity index (χ1) is 33.7. The third-order valence-electron chi connectivity index (χ3n) is 13.7. The molecule has 0 spiro atoms. The topological polar surface area (TPSA) is 8.17 Å². The standard InChI is InChI=1S/C66H44N2/c1-4-16-45(17-5-1)52-40-53(46-18-6-2-7-19-46)42-54(41-52)47-32-35-56(36-33-47)67(58-37-39-60-51(44-58)31-30-48-20-10-12-26-59(48)60)57-25-14-22-50(43-57)61-28-15-29-64-65(61)63-38-34-49-21-11-13-27-62(49)66(63)68(64)55-23-8-3-9-24-55/h1-44H. The molecule has 12 aromatic carbocycles. The van der Waals surface area contributed by atoms with Crippen LogP contribution in [0.25, 0.3) is 104 Å². The van der Waals surface area contributed by atoms with Gasteiger partial charge in [-0.05, 0) is 144 Å². The number of rotatable bonds is 8. The SMILES string of the molecule is c1ccc(-c2cc(-c3ccccc3)cc(-c3ccc(N(c4cccc(-c5cccc6c5c5ccc7ccccc7c5n6-c5ccccc5)c4)c4ccc5c(ccc6ccccc65)c4)cc3)c2)cc1. The fourth-order valence-electron chi connectivity index (χ4n) is 10.5. The largest absolute Gasteiger partial charge is 0.310 e. The Bertz CT molecular complexity index is 3940. The maximum Gasteiger partial charge on any atom is 0.0619 e. The highest BCUT2D eigenvalue weighted by molar-refractivity contribution is 6.22. The lowest BCUT2D eigenvalue weighted by molar-refractivity contribution is 1.19. The van der Waals surface area contributed by atoms with Crippen LogP contribution in [-0.2, 0) is 0 Å². The lowest BCUT2D eigenvalue weighted by Crippen LogP contribution is -2.10. The van der Waals surface area contributed by atoms with Crippen LogP contribution < -0.4 is 4.90 Å². The highest BCUT2D eigenvalue weighted by atomic mass is 15.1. The van der Waals surface area contributed by atoms with E-state index in [1.807, 2.05) is 0 Å². The molecule has 0 saturated carbocycles. The van der Waals surface area contributed by atoms with Gasteiger partial charge in [0.05, 0.1) is 11.0 Å². The normalized spacial score (nSPS) is 11.5. The van der Waals surface area contributed by atoms with Gasteiger partial charge in [0.25, 0.3) is 0 Å². The Morgan fingerprint density at radius 2 is 0.765 bits per heavy atom. The van der Waals surface area contributed by atoms with Crippen LogP contribution in [0.2, 0.25) is 0 Å². The molecule has 0 unspecified atom stereocenters. The number of benzene rings is 12. The van der Waals surface area contributed by atoms with Crippen molar-refractivity contribution in [3.8, 4) is 50.2 Å². The minimum Gasteiger partial charge on any atom is -0.310 e. The Balaban J connectivity index is 0.982. The van der Waals surface area contributed by atoms with Gasteiger partial charge in [0.2, 0.25) is 0 Å². The summed E-state index contributed by atoms with van der Waals surface area (Å²) < 4.78 is 2.45. The predicted molar refractivity (Wildman–Crippen MR) is 290 cm³/mol. The summed E-state index contributed by atoms with van der Waals surface area (Å²) in [6, 6.07) is 97.6. The van der Waals surface area contributed by atoms with Crippen molar-refractivity contribution >= 4 is 71.2 Å². The number of nitrogens with zero attached hydrogens (tertiary/aromatic N) is 2. The van der Waals surface area contributed by atoms with Gasteiger partial charge in [-0.2, -0.15) is 0 Å². The molecule has 1 heterocycles. The number of hydrogen-bond acceptors (Lipinski definition) is 1. The van der Waals surface area contributed by atoms with Crippen LogP contribution in [0.5, 0.6) is 0 Å². The fraction of sp³-hybridized carbons (Fsp3) is 0. The van der Waals surface area contributed by atoms with E-state index in [0.29, 0.717) is 0 Å². The first-order valence-electron chi connectivity index (χ1n) is 23.4. The zero-order chi connectivity index (χ0) is 45.0. The Hall–Kier alpha value is -8.98. The average molecular weight is 865 g/mol. The Morgan fingerprint density at radius 1 is 0.265 bits per heavy atom. The van der Waals surface area contributed by atoms with Gasteiger partial charge >= 0.3 is 0 Å². The molecule has 318 valence electrons. The molecule has 0 N–H and O–H groups in total. The molecule has 0 aliphatic heterocycles. The Labute approximate surface area is 395 Å². The van der Waals surface area contributed by atoms with E-state index in [9.17, 15) is 0 Å². The van der Waals surface area contributed by atoms with E-state index in [1.54, 1.807) is 0 Å². The molecule has 0 aliphatic rings. The fourth-order valence-corrected chi connectivity index (χ4v) is 10.5. The van der Waals surface area contributed by atoms with Crippen LogP contribution in [-0.4, -0.2) is 4.57 Å². The van der Waals surface area contributed by atoms with E-state index in [2.05, 4.69) is 276 Å². The van der Waals surface area contributed by atoms with Gasteiger partial charge in [-0.25, -0.2) is 0 Å². The van der Waals surface area contributed by atoms with Gasteiger partial charge in [-0.1, -0.05) is 194 Å². The Morgan fingerprint density at radius 3 is 1.47 bits per heavy atom. The van der Waals surface area contributed by atoms with E-state index < -0.39 is 0 Å². The summed E-state index contributed by atoms with van der Waals surface area (Å²) in [5, 5.41) is 9.92. The summed E-state index contributed by atoms with van der Waals surface area (Å²) >= 11 is 0. The number of para-hydroxylation sites is 1. The molecule has 0 saturated heterocycles. The molecular weight excluding hydrogens is 821 g/mol. The maximum atomic E-state index is 2.45. The molecule has 0 atom stereocenters. The van der Waals surface area contributed by atoms with Crippen molar-refractivity contribution in [1.82, 2.24) is 4.57 Å². The van der Waals surface area contributed by atoms with Crippen LogP contribution in [0.3, 0.4) is 0 Å². The van der Waals surface area contributed by atoms with E-state index in [4.69, 9.17) is 0 Å². The molecule has 2 heteroatoms. The van der Waals surface area contributed by atoms with Crippen LogP contribution in [0.1, 0.15) is 0 Å². The molecule has 0 radical (unpaired) electrons. The molecule has 0 fully saturated rings. The van der Waals surface area contributed by atoms with Gasteiger partial charge in [-0.15, -0.1) is 0 Å².